The van der Waals surface area contributed by atoms with Gasteiger partial charge in [0.25, 0.3) is 5.91 Å². The maximum atomic E-state index is 12.7. The summed E-state index contributed by atoms with van der Waals surface area (Å²) in [6, 6.07) is 13.3. The number of carbonyl (C=O) groups is 1. The highest BCUT2D eigenvalue weighted by atomic mass is 32.1. The summed E-state index contributed by atoms with van der Waals surface area (Å²) in [5.41, 5.74) is 15.7. The molecule has 2 aromatic carbocycles. The number of nitrogen functional groups attached to an aromatic ring is 1. The van der Waals surface area contributed by atoms with Crippen LogP contribution in [-0.4, -0.2) is 45.4 Å². The lowest BCUT2D eigenvalue weighted by atomic mass is 10.1. The van der Waals surface area contributed by atoms with E-state index in [1.807, 2.05) is 43.3 Å². The Morgan fingerprint density at radius 1 is 1.06 bits per heavy atom. The molecule has 0 saturated heterocycles. The van der Waals surface area contributed by atoms with E-state index in [2.05, 4.69) is 26.3 Å². The van der Waals surface area contributed by atoms with Crippen LogP contribution in [0.3, 0.4) is 0 Å². The van der Waals surface area contributed by atoms with Gasteiger partial charge in [0, 0.05) is 48.8 Å². The van der Waals surface area contributed by atoms with Gasteiger partial charge in [-0.25, -0.2) is 15.0 Å². The largest absolute Gasteiger partial charge is 0.375 e. The quantitative estimate of drug-likeness (QED) is 0.329. The molecule has 4 aromatic rings. The van der Waals surface area contributed by atoms with Crippen LogP contribution in [-0.2, 0) is 0 Å². The molecule has 1 amide bonds. The van der Waals surface area contributed by atoms with Crippen molar-refractivity contribution in [1.82, 2.24) is 19.9 Å². The van der Waals surface area contributed by atoms with E-state index in [0.29, 0.717) is 36.3 Å². The van der Waals surface area contributed by atoms with Crippen molar-refractivity contribution < 1.29 is 4.79 Å². The highest BCUT2D eigenvalue weighted by molar-refractivity contribution is 7.22. The Kier molecular flexibility index (Phi) is 7.46. The van der Waals surface area contributed by atoms with Crippen molar-refractivity contribution in [3.8, 4) is 0 Å². The first-order chi connectivity index (χ1) is 16.6. The van der Waals surface area contributed by atoms with Crippen LogP contribution in [0.2, 0.25) is 0 Å². The summed E-state index contributed by atoms with van der Waals surface area (Å²) in [6.07, 6.45) is 8.36. The maximum Gasteiger partial charge on any atom is 0.253 e. The van der Waals surface area contributed by atoms with Crippen LogP contribution < -0.4 is 16.8 Å². The van der Waals surface area contributed by atoms with Crippen LogP contribution in [0.15, 0.2) is 54.9 Å². The summed E-state index contributed by atoms with van der Waals surface area (Å²) in [7, 11) is 0. The number of nitrogens with two attached hydrogens (primary N) is 2. The molecule has 0 aliphatic rings. The Morgan fingerprint density at radius 3 is 2.50 bits per heavy atom. The minimum Gasteiger partial charge on any atom is -0.375 e. The topological polar surface area (TPSA) is 123 Å². The molecule has 9 heteroatoms. The lowest BCUT2D eigenvalue weighted by Crippen LogP contribution is -2.35. The van der Waals surface area contributed by atoms with E-state index in [4.69, 9.17) is 11.5 Å². The minimum absolute atomic E-state index is 0.0100. The molecule has 0 radical (unpaired) electrons. The van der Waals surface area contributed by atoms with Gasteiger partial charge in [0.2, 0.25) is 5.95 Å². The molecular weight excluding hydrogens is 446 g/mol. The molecule has 2 aromatic heterocycles. The Bertz CT molecular complexity index is 1280. The molecule has 34 heavy (non-hydrogen) atoms. The molecular formula is C25H27N7OS. The number of hydrogen-bond donors (Lipinski definition) is 3. The molecule has 0 saturated carbocycles. The molecule has 4 rings (SSSR count). The monoisotopic (exact) mass is 473 g/mol. The van der Waals surface area contributed by atoms with Crippen molar-refractivity contribution in [3.63, 3.8) is 0 Å². The van der Waals surface area contributed by atoms with E-state index < -0.39 is 0 Å². The van der Waals surface area contributed by atoms with E-state index in [0.717, 1.165) is 33.5 Å². The first kappa shape index (κ1) is 23.3. The van der Waals surface area contributed by atoms with Gasteiger partial charge >= 0.3 is 0 Å². The zero-order chi connectivity index (χ0) is 23.9. The van der Waals surface area contributed by atoms with Gasteiger partial charge in [-0.15, -0.1) is 0 Å². The molecule has 0 unspecified atom stereocenters. The normalized spacial score (nSPS) is 11.2. The third-order valence-electron chi connectivity index (χ3n) is 5.14. The standard InChI is InChI=1S/C25H27N7OS/c1-2-12-32(13-11-26)23(33)19-6-8-20(9-7-19)30-25-28-15-18(16-29-25)4-3-17-5-10-21-22(14-17)34-24(27)31-21/h3-10,14-16H,2,11-13,26H2,1H3,(H2,27,31)(H,28,29,30)/b4-3+. The lowest BCUT2D eigenvalue weighted by molar-refractivity contribution is 0.0760. The highest BCUT2D eigenvalue weighted by Crippen LogP contribution is 2.25. The predicted molar refractivity (Wildman–Crippen MR) is 140 cm³/mol. The molecule has 5 N–H and O–H groups in total. The van der Waals surface area contributed by atoms with Crippen molar-refractivity contribution in [2.24, 2.45) is 5.73 Å². The SMILES string of the molecule is CCCN(CCN)C(=O)c1ccc(Nc2ncc(/C=C/c3ccc4nc(N)sc4c3)cn2)cc1. The van der Waals surface area contributed by atoms with Crippen molar-refractivity contribution in [2.45, 2.75) is 13.3 Å². The second kappa shape index (κ2) is 10.9. The number of anilines is 3. The number of hydrogen-bond acceptors (Lipinski definition) is 8. The maximum absolute atomic E-state index is 12.7. The van der Waals surface area contributed by atoms with Gasteiger partial charge < -0.3 is 21.7 Å². The first-order valence-corrected chi connectivity index (χ1v) is 11.9. The van der Waals surface area contributed by atoms with Gasteiger partial charge in [-0.3, -0.25) is 4.79 Å². The van der Waals surface area contributed by atoms with E-state index >= 15 is 0 Å². The fourth-order valence-electron chi connectivity index (χ4n) is 3.49. The number of thiazole rings is 1. The number of amides is 1. The Balaban J connectivity index is 1.38. The van der Waals surface area contributed by atoms with Crippen molar-refractivity contribution in [1.29, 1.82) is 0 Å². The summed E-state index contributed by atoms with van der Waals surface area (Å²) >= 11 is 1.47. The summed E-state index contributed by atoms with van der Waals surface area (Å²) in [5.74, 6) is 0.470. The number of fused-ring (bicyclic) bond motifs is 1. The zero-order valence-corrected chi connectivity index (χ0v) is 19.8. The van der Waals surface area contributed by atoms with Crippen LogP contribution in [0.25, 0.3) is 22.4 Å². The van der Waals surface area contributed by atoms with Gasteiger partial charge in [-0.05, 0) is 48.4 Å². The number of aromatic nitrogens is 3. The van der Waals surface area contributed by atoms with E-state index in [1.54, 1.807) is 29.4 Å². The molecule has 0 spiro atoms. The van der Waals surface area contributed by atoms with Crippen molar-refractivity contribution >= 4 is 56.4 Å². The third kappa shape index (κ3) is 5.75. The Hall–Kier alpha value is -3.82. The Labute approximate surface area is 202 Å². The fraction of sp³-hybridized carbons (Fsp3) is 0.200. The van der Waals surface area contributed by atoms with Crippen LogP contribution in [0.5, 0.6) is 0 Å². The number of benzene rings is 2. The number of nitrogens with zero attached hydrogens (tertiary/aromatic N) is 4. The molecule has 0 fully saturated rings. The number of rotatable bonds is 9. The zero-order valence-electron chi connectivity index (χ0n) is 18.9. The summed E-state index contributed by atoms with van der Waals surface area (Å²) in [5, 5.41) is 3.73. The van der Waals surface area contributed by atoms with Gasteiger partial charge in [-0.1, -0.05) is 36.5 Å². The van der Waals surface area contributed by atoms with Crippen molar-refractivity contribution in [2.75, 3.05) is 30.7 Å². The molecule has 0 aliphatic carbocycles. The average molecular weight is 474 g/mol. The highest BCUT2D eigenvalue weighted by Gasteiger charge is 2.14. The van der Waals surface area contributed by atoms with E-state index in [1.165, 1.54) is 11.3 Å². The van der Waals surface area contributed by atoms with Gasteiger partial charge in [0.15, 0.2) is 5.13 Å². The number of nitrogens with one attached hydrogen (secondary N) is 1. The van der Waals surface area contributed by atoms with Gasteiger partial charge in [-0.2, -0.15) is 0 Å². The smallest absolute Gasteiger partial charge is 0.253 e. The number of carbonyl (C=O) groups excluding carboxylic acids is 1. The molecule has 8 nitrogen and oxygen atoms in total. The minimum atomic E-state index is -0.0100. The molecule has 0 bridgehead atoms. The van der Waals surface area contributed by atoms with Crippen LogP contribution in [0, 0.1) is 0 Å². The van der Waals surface area contributed by atoms with Crippen LogP contribution >= 0.6 is 11.3 Å². The summed E-state index contributed by atoms with van der Waals surface area (Å²) < 4.78 is 1.06. The fourth-order valence-corrected chi connectivity index (χ4v) is 4.27. The predicted octanol–water partition coefficient (Wildman–Crippen LogP) is 4.39. The molecule has 0 atom stereocenters. The lowest BCUT2D eigenvalue weighted by Gasteiger charge is -2.21. The molecule has 0 aliphatic heterocycles. The average Bonchev–Trinajstić information content (AvgIpc) is 3.23. The molecule has 174 valence electrons. The summed E-state index contributed by atoms with van der Waals surface area (Å²) in [4.78, 5) is 27.5. The van der Waals surface area contributed by atoms with E-state index in [9.17, 15) is 4.79 Å². The third-order valence-corrected chi connectivity index (χ3v) is 5.98. The first-order valence-electron chi connectivity index (χ1n) is 11.1. The second-order valence-corrected chi connectivity index (χ2v) is 8.80. The van der Waals surface area contributed by atoms with Crippen LogP contribution in [0.4, 0.5) is 16.8 Å². The van der Waals surface area contributed by atoms with Crippen LogP contribution in [0.1, 0.15) is 34.8 Å². The van der Waals surface area contributed by atoms with Crippen molar-refractivity contribution in [3.05, 3.63) is 71.5 Å². The summed E-state index contributed by atoms with van der Waals surface area (Å²) in [6.45, 7) is 3.74. The van der Waals surface area contributed by atoms with Gasteiger partial charge in [0.1, 0.15) is 0 Å². The van der Waals surface area contributed by atoms with Gasteiger partial charge in [0.05, 0.1) is 10.2 Å². The second-order valence-electron chi connectivity index (χ2n) is 7.74. The Morgan fingerprint density at radius 2 is 1.79 bits per heavy atom. The van der Waals surface area contributed by atoms with E-state index in [-0.39, 0.29) is 5.91 Å². The molecule has 2 heterocycles.